The molecule has 1 fully saturated rings. The number of benzene rings is 2. The fraction of sp³-hybridized carbons (Fsp3) is 0.364. The lowest BCUT2D eigenvalue weighted by atomic mass is 9.86. The summed E-state index contributed by atoms with van der Waals surface area (Å²) in [6.45, 7) is 1.16. The summed E-state index contributed by atoms with van der Waals surface area (Å²) >= 11 is 0. The van der Waals surface area contributed by atoms with Crippen LogP contribution in [0.15, 0.2) is 59.6 Å². The van der Waals surface area contributed by atoms with Gasteiger partial charge in [0.1, 0.15) is 0 Å². The van der Waals surface area contributed by atoms with Gasteiger partial charge >= 0.3 is 0 Å². The molecule has 3 aliphatic heterocycles. The molecule has 0 bridgehead atoms. The molecule has 7 heteroatoms. The van der Waals surface area contributed by atoms with Crippen LogP contribution in [0.5, 0.6) is 0 Å². The lowest BCUT2D eigenvalue weighted by Gasteiger charge is -2.50. The SMILES string of the molecule is O=C1N=C(N2CCC3(CC2)c2ccccc2CS3(O)O)OC1Cc1ccccc1. The molecule has 1 amide bonds. The van der Waals surface area contributed by atoms with Crippen molar-refractivity contribution in [2.45, 2.75) is 35.9 Å². The van der Waals surface area contributed by atoms with Crippen LogP contribution in [0.2, 0.25) is 0 Å². The Morgan fingerprint density at radius 1 is 1.07 bits per heavy atom. The maximum absolute atomic E-state index is 12.3. The Morgan fingerprint density at radius 3 is 2.52 bits per heavy atom. The number of carbonyl (C=O) groups is 1. The molecule has 0 saturated carbocycles. The number of hydrogen-bond donors (Lipinski definition) is 2. The molecule has 152 valence electrons. The van der Waals surface area contributed by atoms with E-state index in [-0.39, 0.29) is 5.91 Å². The maximum Gasteiger partial charge on any atom is 0.296 e. The van der Waals surface area contributed by atoms with E-state index in [9.17, 15) is 13.9 Å². The first kappa shape index (κ1) is 18.7. The molecule has 2 N–H and O–H groups in total. The Morgan fingerprint density at radius 2 is 1.76 bits per heavy atom. The van der Waals surface area contributed by atoms with Gasteiger partial charge in [-0.05, 0) is 29.5 Å². The number of rotatable bonds is 2. The average Bonchev–Trinajstić information content (AvgIpc) is 3.18. The third-order valence-corrected chi connectivity index (χ3v) is 8.92. The van der Waals surface area contributed by atoms with E-state index in [1.54, 1.807) is 0 Å². The first-order valence-corrected chi connectivity index (χ1v) is 11.6. The summed E-state index contributed by atoms with van der Waals surface area (Å²) in [5.74, 6) is 0.0813. The van der Waals surface area contributed by atoms with Crippen LogP contribution < -0.4 is 0 Å². The Balaban J connectivity index is 1.29. The molecule has 5 rings (SSSR count). The van der Waals surface area contributed by atoms with Crippen LogP contribution in [0.25, 0.3) is 0 Å². The number of piperidine rings is 1. The van der Waals surface area contributed by atoms with E-state index in [0.29, 0.717) is 44.1 Å². The largest absolute Gasteiger partial charge is 0.451 e. The van der Waals surface area contributed by atoms with Gasteiger partial charge in [0.15, 0.2) is 6.10 Å². The number of amides is 1. The van der Waals surface area contributed by atoms with Gasteiger partial charge in [-0.3, -0.25) is 13.9 Å². The van der Waals surface area contributed by atoms with E-state index in [1.165, 1.54) is 0 Å². The number of hydrogen-bond acceptors (Lipinski definition) is 5. The molecule has 0 aromatic heterocycles. The van der Waals surface area contributed by atoms with Crippen molar-refractivity contribution >= 4 is 22.5 Å². The highest BCUT2D eigenvalue weighted by molar-refractivity contribution is 8.24. The number of aliphatic imine (C=N–C) groups is 1. The molecule has 0 aliphatic carbocycles. The summed E-state index contributed by atoms with van der Waals surface area (Å²) in [6.07, 6.45) is 1.12. The second kappa shape index (κ2) is 6.86. The van der Waals surface area contributed by atoms with Crippen molar-refractivity contribution < 1.29 is 18.6 Å². The first-order chi connectivity index (χ1) is 14.0. The van der Waals surface area contributed by atoms with Crippen molar-refractivity contribution in [2.24, 2.45) is 4.99 Å². The monoisotopic (exact) mass is 412 g/mol. The minimum absolute atomic E-state index is 0.250. The minimum Gasteiger partial charge on any atom is -0.451 e. The van der Waals surface area contributed by atoms with E-state index in [1.807, 2.05) is 59.5 Å². The normalized spacial score (nSPS) is 25.4. The Bertz CT molecular complexity index is 968. The van der Waals surface area contributed by atoms with Crippen LogP contribution in [0.4, 0.5) is 0 Å². The molecule has 3 aliphatic rings. The highest BCUT2D eigenvalue weighted by atomic mass is 32.3. The number of ether oxygens (including phenoxy) is 1. The van der Waals surface area contributed by atoms with Crippen LogP contribution in [0.1, 0.15) is 29.5 Å². The zero-order valence-corrected chi connectivity index (χ0v) is 16.8. The molecular weight excluding hydrogens is 388 g/mol. The molecule has 6 nitrogen and oxygen atoms in total. The summed E-state index contributed by atoms with van der Waals surface area (Å²) < 4.78 is 27.1. The molecular formula is C22H24N2O4S. The lowest BCUT2D eigenvalue weighted by Crippen LogP contribution is -2.46. The van der Waals surface area contributed by atoms with Gasteiger partial charge in [0.2, 0.25) is 0 Å². The highest BCUT2D eigenvalue weighted by Crippen LogP contribution is 2.69. The zero-order valence-electron chi connectivity index (χ0n) is 16.0. The van der Waals surface area contributed by atoms with E-state index >= 15 is 0 Å². The number of nitrogens with zero attached hydrogens (tertiary/aromatic N) is 2. The van der Waals surface area contributed by atoms with Crippen molar-refractivity contribution in [3.05, 3.63) is 71.3 Å². The summed E-state index contributed by atoms with van der Waals surface area (Å²) in [6, 6.07) is 18.1. The van der Waals surface area contributed by atoms with Gasteiger partial charge in [0.25, 0.3) is 11.9 Å². The topological polar surface area (TPSA) is 82.4 Å². The molecule has 1 unspecified atom stereocenters. The van der Waals surface area contributed by atoms with Crippen molar-refractivity contribution in [3.8, 4) is 0 Å². The van der Waals surface area contributed by atoms with Crippen molar-refractivity contribution in [1.29, 1.82) is 0 Å². The fourth-order valence-electron chi connectivity index (χ4n) is 4.75. The Hall–Kier alpha value is -2.35. The van der Waals surface area contributed by atoms with Gasteiger partial charge in [0.05, 0.1) is 10.5 Å². The van der Waals surface area contributed by atoms with Crippen LogP contribution in [0, 0.1) is 0 Å². The quantitative estimate of drug-likeness (QED) is 0.785. The van der Waals surface area contributed by atoms with Crippen molar-refractivity contribution in [1.82, 2.24) is 4.90 Å². The Kier molecular flexibility index (Phi) is 4.42. The molecule has 0 radical (unpaired) electrons. The number of likely N-dealkylation sites (tertiary alicyclic amines) is 1. The Labute approximate surface area is 171 Å². The minimum atomic E-state index is -2.75. The smallest absolute Gasteiger partial charge is 0.296 e. The predicted octanol–water partition coefficient (Wildman–Crippen LogP) is 3.77. The summed E-state index contributed by atoms with van der Waals surface area (Å²) in [5.41, 5.74) is 3.14. The fourth-order valence-corrected chi connectivity index (χ4v) is 7.10. The van der Waals surface area contributed by atoms with Gasteiger partial charge < -0.3 is 9.64 Å². The molecule has 2 aromatic rings. The lowest BCUT2D eigenvalue weighted by molar-refractivity contribution is -0.122. The zero-order chi connectivity index (χ0) is 20.1. The van der Waals surface area contributed by atoms with Crippen LogP contribution in [-0.2, 0) is 26.5 Å². The van der Waals surface area contributed by atoms with Crippen molar-refractivity contribution in [2.75, 3.05) is 13.1 Å². The summed E-state index contributed by atoms with van der Waals surface area (Å²) in [7, 11) is -2.75. The molecule has 1 saturated heterocycles. The second-order valence-corrected chi connectivity index (χ2v) is 10.4. The van der Waals surface area contributed by atoms with Gasteiger partial charge in [-0.25, -0.2) is 0 Å². The van der Waals surface area contributed by atoms with E-state index in [2.05, 4.69) is 4.99 Å². The standard InChI is InChI=1S/C22H24N2O4S/c25-20-19(14-16-6-2-1-3-7-16)28-21(23-20)24-12-10-22(11-13-24)18-9-5-4-8-17(18)15-29(22,26)27/h1-9,19,26-27H,10-15H2. The third-order valence-electron chi connectivity index (χ3n) is 6.33. The van der Waals surface area contributed by atoms with Gasteiger partial charge in [-0.15, -0.1) is 0 Å². The summed E-state index contributed by atoms with van der Waals surface area (Å²) in [4.78, 5) is 18.4. The number of amidine groups is 1. The summed E-state index contributed by atoms with van der Waals surface area (Å²) in [5, 5.41) is 0. The predicted molar refractivity (Wildman–Crippen MR) is 113 cm³/mol. The third kappa shape index (κ3) is 3.04. The van der Waals surface area contributed by atoms with Gasteiger partial charge in [-0.1, -0.05) is 54.6 Å². The average molecular weight is 413 g/mol. The second-order valence-electron chi connectivity index (χ2n) is 7.98. The van der Waals surface area contributed by atoms with Crippen molar-refractivity contribution in [3.63, 3.8) is 0 Å². The molecule has 1 spiro atoms. The van der Waals surface area contributed by atoms with Crippen LogP contribution >= 0.6 is 10.6 Å². The van der Waals surface area contributed by atoms with Gasteiger partial charge in [-0.2, -0.15) is 15.6 Å². The molecule has 2 aromatic carbocycles. The van der Waals surface area contributed by atoms with E-state index < -0.39 is 21.4 Å². The van der Waals surface area contributed by atoms with Crippen LogP contribution in [-0.4, -0.2) is 45.1 Å². The van der Waals surface area contributed by atoms with Gasteiger partial charge in [0, 0.05) is 19.5 Å². The van der Waals surface area contributed by atoms with E-state index in [4.69, 9.17) is 4.74 Å². The molecule has 29 heavy (non-hydrogen) atoms. The maximum atomic E-state index is 12.3. The highest BCUT2D eigenvalue weighted by Gasteiger charge is 2.53. The number of fused-ring (bicyclic) bond motifs is 2. The van der Waals surface area contributed by atoms with Crippen LogP contribution in [0.3, 0.4) is 0 Å². The molecule has 1 atom stereocenters. The number of carbonyl (C=O) groups excluding carboxylic acids is 1. The van der Waals surface area contributed by atoms with E-state index in [0.717, 1.165) is 16.7 Å². The first-order valence-electron chi connectivity index (χ1n) is 9.90. The molecule has 3 heterocycles.